The molecular weight excluding hydrogens is 437 g/mol. The maximum absolute atomic E-state index is 13.4. The van der Waals surface area contributed by atoms with Crippen LogP contribution in [-0.2, 0) is 10.0 Å². The van der Waals surface area contributed by atoms with E-state index in [0.29, 0.717) is 27.4 Å². The predicted molar refractivity (Wildman–Crippen MR) is 122 cm³/mol. The van der Waals surface area contributed by atoms with Gasteiger partial charge in [0.2, 0.25) is 10.0 Å². The van der Waals surface area contributed by atoms with Crippen LogP contribution < -0.4 is 10.3 Å². The molecule has 0 atom stereocenters. The second kappa shape index (κ2) is 8.91. The molecule has 158 valence electrons. The first-order chi connectivity index (χ1) is 14.9. The predicted octanol–water partition coefficient (Wildman–Crippen LogP) is 4.06. The highest BCUT2D eigenvalue weighted by atomic mass is 32.2. The van der Waals surface area contributed by atoms with Crippen molar-refractivity contribution in [3.8, 4) is 5.69 Å². The highest BCUT2D eigenvalue weighted by Crippen LogP contribution is 2.22. The Morgan fingerprint density at radius 2 is 1.61 bits per heavy atom. The van der Waals surface area contributed by atoms with E-state index in [4.69, 9.17) is 0 Å². The Morgan fingerprint density at radius 3 is 2.35 bits per heavy atom. The van der Waals surface area contributed by atoms with Crippen molar-refractivity contribution in [1.82, 2.24) is 9.55 Å². The van der Waals surface area contributed by atoms with Gasteiger partial charge in [0.25, 0.3) is 5.56 Å². The summed E-state index contributed by atoms with van der Waals surface area (Å²) in [5.41, 5.74) is 1.15. The van der Waals surface area contributed by atoms with E-state index in [-0.39, 0.29) is 17.1 Å². The largest absolute Gasteiger partial charge is 0.284 e. The number of sulfonamides is 1. The third-order valence-electron chi connectivity index (χ3n) is 4.46. The molecule has 4 aromatic rings. The van der Waals surface area contributed by atoms with Crippen molar-refractivity contribution < 1.29 is 12.8 Å². The van der Waals surface area contributed by atoms with E-state index in [1.165, 1.54) is 28.8 Å². The summed E-state index contributed by atoms with van der Waals surface area (Å²) < 4.78 is 42.1. The van der Waals surface area contributed by atoms with Gasteiger partial charge >= 0.3 is 0 Å². The average Bonchev–Trinajstić information content (AvgIpc) is 2.75. The van der Waals surface area contributed by atoms with Gasteiger partial charge in [-0.3, -0.25) is 14.1 Å². The first-order valence-electron chi connectivity index (χ1n) is 9.39. The van der Waals surface area contributed by atoms with Crippen molar-refractivity contribution >= 4 is 38.4 Å². The van der Waals surface area contributed by atoms with Crippen molar-refractivity contribution in [2.45, 2.75) is 5.16 Å². The Hall–Kier alpha value is -3.17. The van der Waals surface area contributed by atoms with E-state index < -0.39 is 15.8 Å². The summed E-state index contributed by atoms with van der Waals surface area (Å²) in [6, 6.07) is 21.1. The van der Waals surface area contributed by atoms with Crippen LogP contribution in [-0.4, -0.2) is 29.5 Å². The van der Waals surface area contributed by atoms with Gasteiger partial charge in [-0.15, -0.1) is 0 Å². The van der Waals surface area contributed by atoms with Crippen LogP contribution in [0.4, 0.5) is 10.1 Å². The zero-order valence-electron chi connectivity index (χ0n) is 16.2. The van der Waals surface area contributed by atoms with E-state index in [9.17, 15) is 17.6 Å². The lowest BCUT2D eigenvalue weighted by atomic mass is 10.2. The number of fused-ring (bicyclic) bond motifs is 1. The Labute approximate surface area is 182 Å². The summed E-state index contributed by atoms with van der Waals surface area (Å²) in [6.45, 7) is 0. The molecule has 0 saturated carbocycles. The molecule has 0 aliphatic rings. The fraction of sp³-hybridized carbons (Fsp3) is 0.0909. The van der Waals surface area contributed by atoms with Gasteiger partial charge in [-0.1, -0.05) is 42.1 Å². The van der Waals surface area contributed by atoms with Crippen molar-refractivity contribution in [3.05, 3.63) is 95.0 Å². The summed E-state index contributed by atoms with van der Waals surface area (Å²) in [5.74, 6) is -0.412. The smallest absolute Gasteiger partial charge is 0.266 e. The molecule has 0 aliphatic heterocycles. The number of benzene rings is 3. The summed E-state index contributed by atoms with van der Waals surface area (Å²) in [7, 11) is -3.58. The van der Waals surface area contributed by atoms with Gasteiger partial charge in [-0.05, 0) is 48.5 Å². The molecule has 3 aromatic carbocycles. The van der Waals surface area contributed by atoms with Gasteiger partial charge in [-0.25, -0.2) is 17.8 Å². The molecule has 9 heteroatoms. The van der Waals surface area contributed by atoms with Gasteiger partial charge in [0.1, 0.15) is 5.82 Å². The van der Waals surface area contributed by atoms with E-state index in [2.05, 4.69) is 9.71 Å². The number of nitrogens with zero attached hydrogens (tertiary/aromatic N) is 2. The first kappa shape index (κ1) is 21.1. The van der Waals surface area contributed by atoms with E-state index in [0.717, 1.165) is 11.8 Å². The molecule has 0 radical (unpaired) electrons. The van der Waals surface area contributed by atoms with Crippen LogP contribution in [0.3, 0.4) is 0 Å². The number of nitrogens with one attached hydrogen (secondary N) is 1. The number of aromatic nitrogens is 2. The minimum absolute atomic E-state index is 0.168. The number of rotatable bonds is 7. The van der Waals surface area contributed by atoms with Crippen LogP contribution in [0.2, 0.25) is 0 Å². The van der Waals surface area contributed by atoms with Gasteiger partial charge in [0.15, 0.2) is 5.16 Å². The third-order valence-corrected chi connectivity index (χ3v) is 6.95. The zero-order valence-corrected chi connectivity index (χ0v) is 17.9. The minimum atomic E-state index is -3.58. The van der Waals surface area contributed by atoms with Gasteiger partial charge < -0.3 is 0 Å². The number of halogens is 1. The number of anilines is 1. The van der Waals surface area contributed by atoms with Crippen LogP contribution in [0.1, 0.15) is 0 Å². The molecule has 0 amide bonds. The maximum Gasteiger partial charge on any atom is 0.266 e. The van der Waals surface area contributed by atoms with Gasteiger partial charge in [-0.2, -0.15) is 0 Å². The molecule has 4 rings (SSSR count). The van der Waals surface area contributed by atoms with Crippen molar-refractivity contribution in [3.63, 3.8) is 0 Å². The highest BCUT2D eigenvalue weighted by molar-refractivity contribution is 8.00. The summed E-state index contributed by atoms with van der Waals surface area (Å²) in [6.07, 6.45) is 0. The lowest BCUT2D eigenvalue weighted by molar-refractivity contribution is 0.602. The molecular formula is C22H18FN3O3S2. The fourth-order valence-corrected chi connectivity index (χ4v) is 5.48. The number of hydrogen-bond acceptors (Lipinski definition) is 5. The normalized spacial score (nSPS) is 11.5. The topological polar surface area (TPSA) is 81.1 Å². The lowest BCUT2D eigenvalue weighted by Gasteiger charge is -2.13. The van der Waals surface area contributed by atoms with Crippen LogP contribution in [0.5, 0.6) is 0 Å². The van der Waals surface area contributed by atoms with Crippen LogP contribution in [0.25, 0.3) is 16.6 Å². The summed E-state index contributed by atoms with van der Waals surface area (Å²) in [5, 5.41) is 0.764. The summed E-state index contributed by atoms with van der Waals surface area (Å²) >= 11 is 1.15. The second-order valence-corrected chi connectivity index (χ2v) is 9.57. The SMILES string of the molecule is O=c1c2ccccc2nc(SCCS(=O)(=O)Nc2ccccc2)n1-c1ccc(F)cc1. The second-order valence-electron chi connectivity index (χ2n) is 6.66. The molecule has 0 fully saturated rings. The highest BCUT2D eigenvalue weighted by Gasteiger charge is 2.16. The average molecular weight is 456 g/mol. The first-order valence-corrected chi connectivity index (χ1v) is 12.0. The maximum atomic E-state index is 13.4. The van der Waals surface area contributed by atoms with Crippen LogP contribution in [0.15, 0.2) is 88.8 Å². The molecule has 1 aromatic heterocycles. The van der Waals surface area contributed by atoms with Crippen molar-refractivity contribution in [1.29, 1.82) is 0 Å². The Balaban J connectivity index is 1.63. The van der Waals surface area contributed by atoms with Crippen molar-refractivity contribution in [2.24, 2.45) is 0 Å². The van der Waals surface area contributed by atoms with Crippen LogP contribution >= 0.6 is 11.8 Å². The van der Waals surface area contributed by atoms with E-state index in [1.807, 2.05) is 0 Å². The quantitative estimate of drug-likeness (QED) is 0.336. The molecule has 0 saturated heterocycles. The standard InChI is InChI=1S/C22H18FN3O3S2/c23-16-10-12-18(13-11-16)26-21(27)19-8-4-5-9-20(19)24-22(26)30-14-15-31(28,29)25-17-6-2-1-3-7-17/h1-13,25H,14-15H2. The third kappa shape index (κ3) is 4.95. The molecule has 6 nitrogen and oxygen atoms in total. The Bertz CT molecular complexity index is 1370. The molecule has 0 spiro atoms. The number of hydrogen-bond donors (Lipinski definition) is 1. The fourth-order valence-electron chi connectivity index (χ4n) is 3.01. The molecule has 1 N–H and O–H groups in total. The Kier molecular flexibility index (Phi) is 6.06. The molecule has 1 heterocycles. The van der Waals surface area contributed by atoms with Crippen molar-refractivity contribution in [2.75, 3.05) is 16.2 Å². The van der Waals surface area contributed by atoms with Crippen LogP contribution in [0, 0.1) is 5.82 Å². The Morgan fingerprint density at radius 1 is 0.935 bits per heavy atom. The van der Waals surface area contributed by atoms with E-state index in [1.54, 1.807) is 54.6 Å². The molecule has 0 bridgehead atoms. The molecule has 0 unspecified atom stereocenters. The zero-order chi connectivity index (χ0) is 21.8. The monoisotopic (exact) mass is 455 g/mol. The summed E-state index contributed by atoms with van der Waals surface area (Å²) in [4.78, 5) is 17.7. The molecule has 0 aliphatic carbocycles. The lowest BCUT2D eigenvalue weighted by Crippen LogP contribution is -2.23. The number of thioether (sulfide) groups is 1. The minimum Gasteiger partial charge on any atom is -0.284 e. The number of para-hydroxylation sites is 2. The van der Waals surface area contributed by atoms with Gasteiger partial charge in [0.05, 0.1) is 22.3 Å². The van der Waals surface area contributed by atoms with Gasteiger partial charge in [0, 0.05) is 11.4 Å². The molecule has 31 heavy (non-hydrogen) atoms. The van der Waals surface area contributed by atoms with E-state index >= 15 is 0 Å².